The van der Waals surface area contributed by atoms with Crippen molar-refractivity contribution in [3.63, 3.8) is 0 Å². The molecular weight excluding hydrogens is 262 g/mol. The molecule has 0 bridgehead atoms. The summed E-state index contributed by atoms with van der Waals surface area (Å²) in [6.07, 6.45) is 1.03. The highest BCUT2D eigenvalue weighted by Gasteiger charge is 2.14. The molecule has 0 fully saturated rings. The molecule has 0 heterocycles. The molecule has 0 spiro atoms. The van der Waals surface area contributed by atoms with Gasteiger partial charge in [0.2, 0.25) is 0 Å². The third kappa shape index (κ3) is 3.43. The number of amides is 1. The van der Waals surface area contributed by atoms with Gasteiger partial charge in [0.1, 0.15) is 5.75 Å². The maximum atomic E-state index is 12.5. The van der Waals surface area contributed by atoms with Gasteiger partial charge in [0, 0.05) is 5.69 Å². The van der Waals surface area contributed by atoms with Gasteiger partial charge in [-0.3, -0.25) is 4.79 Å². The number of hydrogen-bond donors (Lipinski definition) is 1. The van der Waals surface area contributed by atoms with Gasteiger partial charge in [0.25, 0.3) is 5.91 Å². The van der Waals surface area contributed by atoms with E-state index in [-0.39, 0.29) is 5.91 Å². The van der Waals surface area contributed by atoms with Crippen molar-refractivity contribution in [1.82, 2.24) is 0 Å². The summed E-state index contributed by atoms with van der Waals surface area (Å²) < 4.78 is 5.24. The minimum Gasteiger partial charge on any atom is -0.496 e. The van der Waals surface area contributed by atoms with Crippen LogP contribution in [0.15, 0.2) is 48.5 Å². The van der Waals surface area contributed by atoms with Crippen LogP contribution >= 0.6 is 0 Å². The molecule has 0 radical (unpaired) electrons. The highest BCUT2D eigenvalue weighted by atomic mass is 16.5. The first-order chi connectivity index (χ1) is 10.2. The zero-order chi connectivity index (χ0) is 15.2. The van der Waals surface area contributed by atoms with E-state index in [1.165, 1.54) is 0 Å². The van der Waals surface area contributed by atoms with E-state index in [9.17, 15) is 4.79 Å². The summed E-state index contributed by atoms with van der Waals surface area (Å²) in [5, 5.41) is 3.00. The summed E-state index contributed by atoms with van der Waals surface area (Å²) in [7, 11) is 1.57. The van der Waals surface area contributed by atoms with Gasteiger partial charge in [-0.15, -0.1) is 0 Å². The third-order valence-corrected chi connectivity index (χ3v) is 3.70. The molecule has 1 atom stereocenters. The van der Waals surface area contributed by atoms with Crippen molar-refractivity contribution < 1.29 is 9.53 Å². The van der Waals surface area contributed by atoms with Crippen LogP contribution in [0.5, 0.6) is 5.75 Å². The van der Waals surface area contributed by atoms with Crippen molar-refractivity contribution in [1.29, 1.82) is 0 Å². The van der Waals surface area contributed by atoms with Gasteiger partial charge in [-0.25, -0.2) is 0 Å². The number of benzene rings is 2. The van der Waals surface area contributed by atoms with Gasteiger partial charge < -0.3 is 10.1 Å². The molecule has 1 amide bonds. The summed E-state index contributed by atoms with van der Waals surface area (Å²) >= 11 is 0. The topological polar surface area (TPSA) is 38.3 Å². The second-order valence-electron chi connectivity index (χ2n) is 5.05. The summed E-state index contributed by atoms with van der Waals surface area (Å²) in [5.41, 5.74) is 2.56. The predicted octanol–water partition coefficient (Wildman–Crippen LogP) is 4.46. The molecule has 110 valence electrons. The number of nitrogens with one attached hydrogen (secondary N) is 1. The van der Waals surface area contributed by atoms with Crippen LogP contribution in [-0.4, -0.2) is 13.0 Å². The van der Waals surface area contributed by atoms with Crippen molar-refractivity contribution in [3.8, 4) is 5.75 Å². The summed E-state index contributed by atoms with van der Waals surface area (Å²) in [6.45, 7) is 4.30. The van der Waals surface area contributed by atoms with Crippen LogP contribution in [-0.2, 0) is 0 Å². The van der Waals surface area contributed by atoms with Crippen LogP contribution < -0.4 is 10.1 Å². The number of methoxy groups -OCH3 is 1. The van der Waals surface area contributed by atoms with Crippen LogP contribution in [0.4, 0.5) is 5.69 Å². The first-order valence-corrected chi connectivity index (χ1v) is 7.20. The van der Waals surface area contributed by atoms with Crippen LogP contribution in [0.3, 0.4) is 0 Å². The van der Waals surface area contributed by atoms with E-state index in [0.29, 0.717) is 17.2 Å². The van der Waals surface area contributed by atoms with Crippen LogP contribution in [0.2, 0.25) is 0 Å². The lowest BCUT2D eigenvalue weighted by molar-refractivity contribution is 0.102. The van der Waals surface area contributed by atoms with Crippen LogP contribution in [0.25, 0.3) is 0 Å². The molecule has 0 unspecified atom stereocenters. The molecule has 0 aliphatic heterocycles. The van der Waals surface area contributed by atoms with E-state index < -0.39 is 0 Å². The van der Waals surface area contributed by atoms with Gasteiger partial charge in [-0.2, -0.15) is 0 Å². The fraction of sp³-hybridized carbons (Fsp3) is 0.278. The van der Waals surface area contributed by atoms with E-state index in [4.69, 9.17) is 4.74 Å². The lowest BCUT2D eigenvalue weighted by Crippen LogP contribution is -2.14. The maximum absolute atomic E-state index is 12.5. The van der Waals surface area contributed by atoms with Gasteiger partial charge in [0.05, 0.1) is 12.7 Å². The second-order valence-corrected chi connectivity index (χ2v) is 5.05. The summed E-state index contributed by atoms with van der Waals surface area (Å²) in [5.74, 6) is 0.832. The largest absolute Gasteiger partial charge is 0.496 e. The van der Waals surface area contributed by atoms with Crippen LogP contribution in [0.1, 0.15) is 42.1 Å². The normalized spacial score (nSPS) is 11.8. The highest BCUT2D eigenvalue weighted by molar-refractivity contribution is 6.06. The Morgan fingerprint density at radius 2 is 1.81 bits per heavy atom. The number of anilines is 1. The van der Waals surface area contributed by atoms with Gasteiger partial charge in [0.15, 0.2) is 0 Å². The Bertz CT molecular complexity index is 622. The van der Waals surface area contributed by atoms with Gasteiger partial charge in [-0.1, -0.05) is 44.2 Å². The van der Waals surface area contributed by atoms with Crippen molar-refractivity contribution in [3.05, 3.63) is 59.7 Å². The quantitative estimate of drug-likeness (QED) is 0.879. The monoisotopic (exact) mass is 283 g/mol. The molecule has 0 saturated heterocycles. The average Bonchev–Trinajstić information content (AvgIpc) is 2.54. The predicted molar refractivity (Wildman–Crippen MR) is 86.1 cm³/mol. The van der Waals surface area contributed by atoms with E-state index in [2.05, 4.69) is 25.2 Å². The molecule has 3 nitrogen and oxygen atoms in total. The van der Waals surface area contributed by atoms with Crippen molar-refractivity contribution >= 4 is 11.6 Å². The Hall–Kier alpha value is -2.29. The van der Waals surface area contributed by atoms with E-state index in [1.807, 2.05) is 30.3 Å². The first-order valence-electron chi connectivity index (χ1n) is 7.20. The van der Waals surface area contributed by atoms with E-state index in [0.717, 1.165) is 17.7 Å². The van der Waals surface area contributed by atoms with E-state index >= 15 is 0 Å². The zero-order valence-corrected chi connectivity index (χ0v) is 12.7. The standard InChI is InChI=1S/C18H21NO2/c1-4-13(2)14-9-5-7-11-16(14)19-18(20)15-10-6-8-12-17(15)21-3/h5-13H,4H2,1-3H3,(H,19,20)/t13-/m1/s1. The molecule has 3 heteroatoms. The van der Waals surface area contributed by atoms with Crippen molar-refractivity contribution in [2.45, 2.75) is 26.2 Å². The number of para-hydroxylation sites is 2. The Morgan fingerprint density at radius 3 is 2.52 bits per heavy atom. The first kappa shape index (κ1) is 15.1. The SMILES string of the molecule is CC[C@@H](C)c1ccccc1NC(=O)c1ccccc1OC. The lowest BCUT2D eigenvalue weighted by atomic mass is 9.97. The Balaban J connectivity index is 2.28. The molecule has 0 saturated carbocycles. The molecule has 21 heavy (non-hydrogen) atoms. The number of rotatable bonds is 5. The molecule has 0 aliphatic rings. The minimum atomic E-state index is -0.150. The zero-order valence-electron chi connectivity index (χ0n) is 12.7. The van der Waals surface area contributed by atoms with Gasteiger partial charge in [-0.05, 0) is 36.1 Å². The molecule has 2 aromatic carbocycles. The Morgan fingerprint density at radius 1 is 1.14 bits per heavy atom. The smallest absolute Gasteiger partial charge is 0.259 e. The molecule has 1 N–H and O–H groups in total. The maximum Gasteiger partial charge on any atom is 0.259 e. The highest BCUT2D eigenvalue weighted by Crippen LogP contribution is 2.27. The van der Waals surface area contributed by atoms with Crippen molar-refractivity contribution in [2.24, 2.45) is 0 Å². The number of hydrogen-bond acceptors (Lipinski definition) is 2. The number of carbonyl (C=O) groups is 1. The second kappa shape index (κ2) is 6.93. The van der Waals surface area contributed by atoms with Crippen molar-refractivity contribution in [2.75, 3.05) is 12.4 Å². The third-order valence-electron chi connectivity index (χ3n) is 3.70. The Labute approximate surface area is 126 Å². The van der Waals surface area contributed by atoms with E-state index in [1.54, 1.807) is 19.2 Å². The minimum absolute atomic E-state index is 0.150. The molecule has 2 aromatic rings. The lowest BCUT2D eigenvalue weighted by Gasteiger charge is -2.16. The number of carbonyl (C=O) groups excluding carboxylic acids is 1. The molecule has 0 aromatic heterocycles. The van der Waals surface area contributed by atoms with Gasteiger partial charge >= 0.3 is 0 Å². The average molecular weight is 283 g/mol. The number of ether oxygens (including phenoxy) is 1. The fourth-order valence-electron chi connectivity index (χ4n) is 2.28. The molecule has 2 rings (SSSR count). The van der Waals surface area contributed by atoms with Crippen LogP contribution in [0, 0.1) is 0 Å². The fourth-order valence-corrected chi connectivity index (χ4v) is 2.28. The summed E-state index contributed by atoms with van der Waals surface area (Å²) in [4.78, 5) is 12.5. The molecular formula is C18H21NO2. The summed E-state index contributed by atoms with van der Waals surface area (Å²) in [6, 6.07) is 15.2. The molecule has 0 aliphatic carbocycles. The Kier molecular flexibility index (Phi) is 4.99.